The number of hydrogen-bond donors (Lipinski definition) is 0. The second-order valence-electron chi connectivity index (χ2n) is 8.52. The van der Waals surface area contributed by atoms with Crippen LogP contribution in [0.4, 0.5) is 0 Å². The van der Waals surface area contributed by atoms with E-state index in [1.165, 1.54) is 11.8 Å². The zero-order valence-electron chi connectivity index (χ0n) is 20.2. The number of pyridine rings is 1. The second-order valence-corrected chi connectivity index (χ2v) is 9.68. The number of rotatable bonds is 9. The largest absolute Gasteiger partial charge is 0.487 e. The number of ketones is 1. The molecule has 0 spiro atoms. The van der Waals surface area contributed by atoms with Gasteiger partial charge in [0.2, 0.25) is 5.78 Å². The van der Waals surface area contributed by atoms with Gasteiger partial charge < -0.3 is 9.14 Å². The van der Waals surface area contributed by atoms with Crippen molar-refractivity contribution in [2.45, 2.75) is 17.9 Å². The lowest BCUT2D eigenvalue weighted by molar-refractivity contribution is -0.108. The summed E-state index contributed by atoms with van der Waals surface area (Å²) in [6.07, 6.45) is 4.36. The minimum absolute atomic E-state index is 0.281. The van der Waals surface area contributed by atoms with Gasteiger partial charge in [-0.25, -0.2) is 0 Å². The normalized spacial score (nSPS) is 11.0. The molecule has 0 amide bonds. The van der Waals surface area contributed by atoms with Crippen molar-refractivity contribution in [3.05, 3.63) is 126 Å². The van der Waals surface area contributed by atoms with Gasteiger partial charge in [0.25, 0.3) is 5.24 Å². The lowest BCUT2D eigenvalue weighted by atomic mass is 9.96. The predicted molar refractivity (Wildman–Crippen MR) is 150 cm³/mol. The highest BCUT2D eigenvalue weighted by molar-refractivity contribution is 7.98. The average Bonchev–Trinajstić information content (AvgIpc) is 3.26. The number of Topliss-reactive ketones (excluding diaryl/α,β-unsaturated/α-hetero) is 1. The van der Waals surface area contributed by atoms with Gasteiger partial charge in [-0.3, -0.25) is 9.59 Å². The van der Waals surface area contributed by atoms with Crippen LogP contribution in [0.2, 0.25) is 0 Å². The molecule has 0 unspecified atom stereocenters. The Hall–Kier alpha value is -3.80. The molecule has 0 atom stereocenters. The number of carbonyl (C=O) groups is 2. The average molecular weight is 526 g/mol. The molecule has 0 bridgehead atoms. The molecule has 0 fully saturated rings. The van der Waals surface area contributed by atoms with Gasteiger partial charge in [0, 0.05) is 23.2 Å². The molecule has 6 heteroatoms. The zero-order chi connectivity index (χ0) is 25.8. The van der Waals surface area contributed by atoms with E-state index in [4.69, 9.17) is 16.3 Å². The Kier molecular flexibility index (Phi) is 7.45. The van der Waals surface area contributed by atoms with E-state index in [-0.39, 0.29) is 5.56 Å². The Bertz CT molecular complexity index is 1580. The first-order valence-electron chi connectivity index (χ1n) is 11.8. The summed E-state index contributed by atoms with van der Waals surface area (Å²) in [5, 5.41) is -1.02. The van der Waals surface area contributed by atoms with E-state index in [0.717, 1.165) is 32.8 Å². The second kappa shape index (κ2) is 11.1. The molecule has 2 heterocycles. The molecule has 0 aliphatic rings. The Balaban J connectivity index is 1.67. The summed E-state index contributed by atoms with van der Waals surface area (Å²) >= 11 is 7.17. The van der Waals surface area contributed by atoms with Crippen LogP contribution in [-0.4, -0.2) is 21.7 Å². The maximum absolute atomic E-state index is 13.2. The van der Waals surface area contributed by atoms with E-state index < -0.39 is 11.0 Å². The topological polar surface area (TPSA) is 47.8 Å². The Labute approximate surface area is 224 Å². The molecule has 5 rings (SSSR count). The number of ether oxygens (including phenoxy) is 1. The number of nitrogens with zero attached hydrogens (tertiary/aromatic N) is 1. The molecule has 0 N–H and O–H groups in total. The fourth-order valence-corrected chi connectivity index (χ4v) is 5.51. The van der Waals surface area contributed by atoms with Crippen LogP contribution in [0.5, 0.6) is 5.75 Å². The first-order chi connectivity index (χ1) is 18.1. The van der Waals surface area contributed by atoms with E-state index in [1.807, 2.05) is 89.6 Å². The van der Waals surface area contributed by atoms with Gasteiger partial charge in [0.15, 0.2) is 0 Å². The minimum atomic E-state index is -1.02. The lowest BCUT2D eigenvalue weighted by Crippen LogP contribution is -2.09. The Morgan fingerprint density at radius 2 is 1.54 bits per heavy atom. The van der Waals surface area contributed by atoms with Crippen molar-refractivity contribution < 1.29 is 14.3 Å². The first-order valence-corrected chi connectivity index (χ1v) is 13.4. The summed E-state index contributed by atoms with van der Waals surface area (Å²) < 4.78 is 8.15. The van der Waals surface area contributed by atoms with Crippen LogP contribution in [0.15, 0.2) is 108 Å². The minimum Gasteiger partial charge on any atom is -0.487 e. The molecule has 2 aromatic heterocycles. The molecule has 4 nitrogen and oxygen atoms in total. The Morgan fingerprint density at radius 3 is 2.24 bits per heavy atom. The van der Waals surface area contributed by atoms with E-state index in [0.29, 0.717) is 24.3 Å². The molecule has 37 heavy (non-hydrogen) atoms. The molecule has 5 aromatic rings. The van der Waals surface area contributed by atoms with Gasteiger partial charge in [-0.1, -0.05) is 84.9 Å². The quantitative estimate of drug-likeness (QED) is 0.0867. The lowest BCUT2D eigenvalue weighted by Gasteiger charge is -2.12. The highest BCUT2D eigenvalue weighted by Crippen LogP contribution is 2.39. The van der Waals surface area contributed by atoms with Crippen molar-refractivity contribution in [2.75, 3.05) is 6.26 Å². The molecular weight excluding hydrogens is 502 g/mol. The van der Waals surface area contributed by atoms with Gasteiger partial charge >= 0.3 is 0 Å². The number of hydrogen-bond acceptors (Lipinski definition) is 4. The van der Waals surface area contributed by atoms with Crippen molar-refractivity contribution in [3.63, 3.8) is 0 Å². The smallest absolute Gasteiger partial charge is 0.293 e. The fraction of sp³-hybridized carbons (Fsp3) is 0.0968. The highest BCUT2D eigenvalue weighted by atomic mass is 35.5. The molecule has 0 radical (unpaired) electrons. The Morgan fingerprint density at radius 1 is 0.865 bits per heavy atom. The first kappa shape index (κ1) is 24.9. The summed E-state index contributed by atoms with van der Waals surface area (Å²) in [4.78, 5) is 26.0. The van der Waals surface area contributed by atoms with E-state index in [2.05, 4.69) is 24.3 Å². The van der Waals surface area contributed by atoms with Crippen LogP contribution in [0.3, 0.4) is 0 Å². The number of benzene rings is 3. The van der Waals surface area contributed by atoms with Crippen molar-refractivity contribution in [1.29, 1.82) is 0 Å². The SMILES string of the molecule is CSc1c(C(=O)C(=O)Cl)c2c(OCc3ccccc3)cccn2c1Cc1ccccc1-c1ccccc1. The molecule has 0 aliphatic heterocycles. The number of carbonyl (C=O) groups excluding carboxylic acids is 2. The fourth-order valence-electron chi connectivity index (χ4n) is 4.62. The van der Waals surface area contributed by atoms with Gasteiger partial charge in [-0.2, -0.15) is 0 Å². The van der Waals surface area contributed by atoms with Crippen LogP contribution in [0.1, 0.15) is 27.2 Å². The molecule has 0 aliphatic carbocycles. The number of halogens is 1. The van der Waals surface area contributed by atoms with Gasteiger partial charge in [0.05, 0.1) is 5.56 Å². The molecular formula is C31H24ClNO3S. The van der Waals surface area contributed by atoms with Gasteiger partial charge in [-0.15, -0.1) is 11.8 Å². The van der Waals surface area contributed by atoms with Gasteiger partial charge in [-0.05, 0) is 52.2 Å². The number of fused-ring (bicyclic) bond motifs is 1. The number of aromatic nitrogens is 1. The summed E-state index contributed by atoms with van der Waals surface area (Å²) in [7, 11) is 0. The summed E-state index contributed by atoms with van der Waals surface area (Å²) in [5.41, 5.74) is 6.07. The molecule has 3 aromatic carbocycles. The monoisotopic (exact) mass is 525 g/mol. The van der Waals surface area contributed by atoms with Crippen LogP contribution >= 0.6 is 23.4 Å². The van der Waals surface area contributed by atoms with Crippen molar-refractivity contribution in [3.8, 4) is 16.9 Å². The van der Waals surface area contributed by atoms with E-state index >= 15 is 0 Å². The van der Waals surface area contributed by atoms with Crippen molar-refractivity contribution in [2.24, 2.45) is 0 Å². The van der Waals surface area contributed by atoms with Crippen molar-refractivity contribution >= 4 is 39.9 Å². The third-order valence-electron chi connectivity index (χ3n) is 6.28. The third-order valence-corrected chi connectivity index (χ3v) is 7.30. The standard InChI is InChI=1S/C31H24ClNO3S/c1-37-30-25(19-23-15-8-9-16-24(23)22-13-6-3-7-14-22)33-18-10-17-26(28(33)27(30)29(34)31(32)35)36-20-21-11-4-2-5-12-21/h2-18H,19-20H2,1H3. The van der Waals surface area contributed by atoms with Crippen LogP contribution in [0, 0.1) is 0 Å². The highest BCUT2D eigenvalue weighted by Gasteiger charge is 2.29. The maximum atomic E-state index is 13.2. The predicted octanol–water partition coefficient (Wildman–Crippen LogP) is 7.45. The molecule has 184 valence electrons. The van der Waals surface area contributed by atoms with Crippen LogP contribution in [-0.2, 0) is 17.8 Å². The summed E-state index contributed by atoms with van der Waals surface area (Å²) in [5.74, 6) is -0.215. The van der Waals surface area contributed by atoms with Crippen LogP contribution in [0.25, 0.3) is 16.6 Å². The number of thioether (sulfide) groups is 1. The summed E-state index contributed by atoms with van der Waals surface area (Å²) in [6.45, 7) is 0.328. The molecule has 0 saturated carbocycles. The van der Waals surface area contributed by atoms with E-state index in [1.54, 1.807) is 0 Å². The molecule has 0 saturated heterocycles. The summed E-state index contributed by atoms with van der Waals surface area (Å²) in [6, 6.07) is 31.9. The van der Waals surface area contributed by atoms with Gasteiger partial charge in [0.1, 0.15) is 17.9 Å². The third kappa shape index (κ3) is 5.06. The zero-order valence-corrected chi connectivity index (χ0v) is 21.8. The van der Waals surface area contributed by atoms with Crippen molar-refractivity contribution in [1.82, 2.24) is 4.40 Å². The van der Waals surface area contributed by atoms with Crippen LogP contribution < -0.4 is 4.74 Å². The maximum Gasteiger partial charge on any atom is 0.293 e. The van der Waals surface area contributed by atoms with E-state index in [9.17, 15) is 9.59 Å².